The van der Waals surface area contributed by atoms with Crippen LogP contribution in [0, 0.1) is 0 Å². The highest BCUT2D eigenvalue weighted by Gasteiger charge is 2.22. The van der Waals surface area contributed by atoms with Crippen LogP contribution >= 0.6 is 0 Å². The molecule has 1 fully saturated rings. The smallest absolute Gasteiger partial charge is 0.261 e. The third-order valence-electron chi connectivity index (χ3n) is 4.99. The van der Waals surface area contributed by atoms with Crippen molar-refractivity contribution < 1.29 is 19.0 Å². The second kappa shape index (κ2) is 8.26. The van der Waals surface area contributed by atoms with E-state index in [1.165, 1.54) is 0 Å². The molecule has 0 bridgehead atoms. The Morgan fingerprint density at radius 3 is 2.66 bits per heavy atom. The number of hydrogen-bond acceptors (Lipinski definition) is 6. The van der Waals surface area contributed by atoms with E-state index in [4.69, 9.17) is 14.2 Å². The number of morpholine rings is 1. The number of carbonyl (C=O) groups excluding carboxylic acids is 1. The van der Waals surface area contributed by atoms with Crippen LogP contribution in [-0.4, -0.2) is 47.9 Å². The molecule has 0 aliphatic carbocycles. The average molecular weight is 399 g/mol. The van der Waals surface area contributed by atoms with E-state index in [9.17, 15) is 9.59 Å². The molecule has 8 heteroatoms. The molecule has 8 nitrogen and oxygen atoms in total. The first-order valence-corrected chi connectivity index (χ1v) is 9.74. The molecule has 0 unspecified atom stereocenters. The highest BCUT2D eigenvalue weighted by Crippen LogP contribution is 2.32. The zero-order valence-corrected chi connectivity index (χ0v) is 16.6. The van der Waals surface area contributed by atoms with Gasteiger partial charge >= 0.3 is 0 Å². The van der Waals surface area contributed by atoms with E-state index < -0.39 is 5.91 Å². The number of hydrogen-bond donors (Lipinski definition) is 2. The Labute approximate surface area is 168 Å². The molecule has 29 heavy (non-hydrogen) atoms. The number of nitrogens with zero attached hydrogens (tertiary/aromatic N) is 1. The molecule has 3 heterocycles. The molecular weight excluding hydrogens is 374 g/mol. The van der Waals surface area contributed by atoms with Crippen molar-refractivity contribution in [3.05, 3.63) is 57.5 Å². The van der Waals surface area contributed by atoms with Crippen molar-refractivity contribution >= 4 is 5.91 Å². The quantitative estimate of drug-likeness (QED) is 0.794. The first kappa shape index (κ1) is 19.5. The normalized spacial score (nSPS) is 21.2. The lowest BCUT2D eigenvalue weighted by atomic mass is 10.1. The maximum atomic E-state index is 12.4. The predicted octanol–water partition coefficient (Wildman–Crippen LogP) is 1.64. The molecule has 2 aromatic rings. The van der Waals surface area contributed by atoms with Gasteiger partial charge in [0.05, 0.1) is 12.2 Å². The molecule has 0 spiro atoms. The maximum absolute atomic E-state index is 12.4. The molecule has 4 rings (SSSR count). The monoisotopic (exact) mass is 399 g/mol. The highest BCUT2D eigenvalue weighted by atomic mass is 16.7. The topological polar surface area (TPSA) is 92.9 Å². The number of fused-ring (bicyclic) bond motifs is 1. The Bertz CT molecular complexity index is 948. The molecule has 0 radical (unpaired) electrons. The lowest BCUT2D eigenvalue weighted by Gasteiger charge is -2.35. The van der Waals surface area contributed by atoms with Gasteiger partial charge in [-0.3, -0.25) is 14.5 Å². The van der Waals surface area contributed by atoms with Gasteiger partial charge in [-0.1, -0.05) is 6.07 Å². The number of rotatable bonds is 5. The third kappa shape index (κ3) is 4.60. The molecule has 2 atom stereocenters. The molecule has 1 aromatic heterocycles. The number of amides is 1. The van der Waals surface area contributed by atoms with Crippen molar-refractivity contribution in [2.24, 2.45) is 0 Å². The predicted molar refractivity (Wildman–Crippen MR) is 106 cm³/mol. The van der Waals surface area contributed by atoms with Crippen molar-refractivity contribution in [3.63, 3.8) is 0 Å². The fourth-order valence-corrected chi connectivity index (χ4v) is 3.77. The summed E-state index contributed by atoms with van der Waals surface area (Å²) in [4.78, 5) is 29.9. The first-order chi connectivity index (χ1) is 14.0. The van der Waals surface area contributed by atoms with Gasteiger partial charge in [0.1, 0.15) is 5.56 Å². The molecule has 154 valence electrons. The van der Waals surface area contributed by atoms with Crippen molar-refractivity contribution in [3.8, 4) is 11.5 Å². The molecule has 0 saturated carbocycles. The highest BCUT2D eigenvalue weighted by molar-refractivity contribution is 5.93. The van der Waals surface area contributed by atoms with Gasteiger partial charge in [0.2, 0.25) is 6.79 Å². The van der Waals surface area contributed by atoms with Crippen molar-refractivity contribution in [1.29, 1.82) is 0 Å². The van der Waals surface area contributed by atoms with Crippen LogP contribution in [0.2, 0.25) is 0 Å². The Morgan fingerprint density at radius 2 is 1.90 bits per heavy atom. The lowest BCUT2D eigenvalue weighted by Crippen LogP contribution is -2.45. The van der Waals surface area contributed by atoms with E-state index in [1.54, 1.807) is 18.2 Å². The lowest BCUT2D eigenvalue weighted by molar-refractivity contribution is -0.0707. The fourth-order valence-electron chi connectivity index (χ4n) is 3.77. The van der Waals surface area contributed by atoms with E-state index in [-0.39, 0.29) is 30.1 Å². The summed E-state index contributed by atoms with van der Waals surface area (Å²) in [6.07, 6.45) is 0.318. The SMILES string of the molecule is C[C@@H]1CN(Cc2ccc(C(=O)NCc3ccc4c(c3)OCO4)c(=O)[nH]2)C[C@H](C)O1. The van der Waals surface area contributed by atoms with Gasteiger partial charge in [-0.25, -0.2) is 0 Å². The van der Waals surface area contributed by atoms with E-state index in [0.29, 0.717) is 24.6 Å². The zero-order chi connectivity index (χ0) is 20.4. The van der Waals surface area contributed by atoms with Crippen LogP contribution in [0.4, 0.5) is 0 Å². The summed E-state index contributed by atoms with van der Waals surface area (Å²) in [6.45, 7) is 6.81. The Balaban J connectivity index is 1.37. The summed E-state index contributed by atoms with van der Waals surface area (Å²) in [5.41, 5.74) is 1.35. The average Bonchev–Trinajstić information content (AvgIpc) is 3.13. The second-order valence-electron chi connectivity index (χ2n) is 7.55. The van der Waals surface area contributed by atoms with E-state index in [0.717, 1.165) is 24.3 Å². The fraction of sp³-hybridized carbons (Fsp3) is 0.429. The van der Waals surface area contributed by atoms with Gasteiger partial charge in [-0.15, -0.1) is 0 Å². The van der Waals surface area contributed by atoms with Gasteiger partial charge in [-0.2, -0.15) is 0 Å². The number of pyridine rings is 1. The standard InChI is InChI=1S/C21H25N3O5/c1-13-9-24(10-14(2)29-13)11-16-4-5-17(21(26)23-16)20(25)22-8-15-3-6-18-19(7-15)28-12-27-18/h3-7,13-14H,8-12H2,1-2H3,(H,22,25)(H,23,26)/t13-,14+. The van der Waals surface area contributed by atoms with E-state index in [1.807, 2.05) is 26.0 Å². The third-order valence-corrected chi connectivity index (χ3v) is 4.99. The van der Waals surface area contributed by atoms with Gasteiger partial charge in [0, 0.05) is 31.9 Å². The maximum Gasteiger partial charge on any atom is 0.261 e. The zero-order valence-electron chi connectivity index (χ0n) is 16.6. The van der Waals surface area contributed by atoms with E-state index >= 15 is 0 Å². The molecule has 1 aromatic carbocycles. The molecule has 2 aliphatic rings. The van der Waals surface area contributed by atoms with Crippen molar-refractivity contribution in [2.45, 2.75) is 39.1 Å². The largest absolute Gasteiger partial charge is 0.454 e. The minimum atomic E-state index is -0.413. The second-order valence-corrected chi connectivity index (χ2v) is 7.55. The van der Waals surface area contributed by atoms with Crippen LogP contribution in [0.3, 0.4) is 0 Å². The molecule has 1 saturated heterocycles. The van der Waals surface area contributed by atoms with Crippen LogP contribution in [-0.2, 0) is 17.8 Å². The van der Waals surface area contributed by atoms with Crippen LogP contribution in [0.25, 0.3) is 0 Å². The van der Waals surface area contributed by atoms with Gasteiger partial charge < -0.3 is 24.5 Å². The number of aromatic amines is 1. The summed E-state index contributed by atoms with van der Waals surface area (Å²) in [5, 5.41) is 2.78. The number of aromatic nitrogens is 1. The van der Waals surface area contributed by atoms with Crippen LogP contribution in [0.15, 0.2) is 35.1 Å². The van der Waals surface area contributed by atoms with E-state index in [2.05, 4.69) is 15.2 Å². The summed E-state index contributed by atoms with van der Waals surface area (Å²) >= 11 is 0. The molecule has 2 aliphatic heterocycles. The summed E-state index contributed by atoms with van der Waals surface area (Å²) in [5.74, 6) is 0.936. The Hall–Kier alpha value is -2.84. The summed E-state index contributed by atoms with van der Waals surface area (Å²) in [7, 11) is 0. The van der Waals surface area contributed by atoms with Crippen LogP contribution < -0.4 is 20.3 Å². The Morgan fingerprint density at radius 1 is 1.14 bits per heavy atom. The molecule has 1 amide bonds. The van der Waals surface area contributed by atoms with Crippen molar-refractivity contribution in [2.75, 3.05) is 19.9 Å². The minimum Gasteiger partial charge on any atom is -0.454 e. The van der Waals surface area contributed by atoms with Crippen LogP contribution in [0.1, 0.15) is 35.5 Å². The number of nitrogens with one attached hydrogen (secondary N) is 2. The summed E-state index contributed by atoms with van der Waals surface area (Å²) in [6, 6.07) is 8.85. The van der Waals surface area contributed by atoms with Gasteiger partial charge in [0.25, 0.3) is 11.5 Å². The summed E-state index contributed by atoms with van der Waals surface area (Å²) < 4.78 is 16.3. The minimum absolute atomic E-state index is 0.0956. The van der Waals surface area contributed by atoms with Crippen molar-refractivity contribution in [1.82, 2.24) is 15.2 Å². The number of H-pyrrole nitrogens is 1. The Kier molecular flexibility index (Phi) is 5.55. The number of ether oxygens (including phenoxy) is 3. The first-order valence-electron chi connectivity index (χ1n) is 9.74. The van der Waals surface area contributed by atoms with Crippen LogP contribution in [0.5, 0.6) is 11.5 Å². The number of benzene rings is 1. The van der Waals surface area contributed by atoms with Gasteiger partial charge in [0.15, 0.2) is 11.5 Å². The molecule has 2 N–H and O–H groups in total. The van der Waals surface area contributed by atoms with Gasteiger partial charge in [-0.05, 0) is 43.7 Å². The number of carbonyl (C=O) groups is 1. The molecular formula is C21H25N3O5.